The molecular weight excluding hydrogens is 152 g/mol. The molecule has 0 fully saturated rings. The Morgan fingerprint density at radius 3 is 2.64 bits per heavy atom. The number of nitrogens with zero attached hydrogens (tertiary/aromatic N) is 1. The van der Waals surface area contributed by atoms with E-state index in [4.69, 9.17) is 5.21 Å². The first-order chi connectivity index (χ1) is 5.26. The fraction of sp³-hybridized carbons (Fsp3) is 0.600. The first kappa shape index (κ1) is 9.86. The molecule has 6 heteroatoms. The average Bonchev–Trinajstić information content (AvgIpc) is 2.03. The molecule has 0 aromatic carbocycles. The quantitative estimate of drug-likeness (QED) is 0.319. The van der Waals surface area contributed by atoms with Crippen LogP contribution in [-0.2, 0) is 14.4 Å². The van der Waals surface area contributed by atoms with Crippen molar-refractivity contribution in [3.8, 4) is 0 Å². The Labute approximate surface area is 63.7 Å². The van der Waals surface area contributed by atoms with Crippen LogP contribution in [0.15, 0.2) is 5.16 Å². The maximum Gasteiger partial charge on any atom is 0.357 e. The summed E-state index contributed by atoms with van der Waals surface area (Å²) in [7, 11) is 2.51. The summed E-state index contributed by atoms with van der Waals surface area (Å²) >= 11 is 0. The van der Waals surface area contributed by atoms with Crippen LogP contribution in [0.25, 0.3) is 0 Å². The van der Waals surface area contributed by atoms with Gasteiger partial charge in [-0.15, -0.1) is 0 Å². The molecule has 64 valence electrons. The third-order valence-electron chi connectivity index (χ3n) is 0.869. The Morgan fingerprint density at radius 1 is 1.64 bits per heavy atom. The Bertz CT molecular complexity index is 157. The second-order valence-electron chi connectivity index (χ2n) is 1.55. The zero-order chi connectivity index (χ0) is 8.69. The summed E-state index contributed by atoms with van der Waals surface area (Å²) in [5.41, 5.74) is 1.73. The SMILES string of the molecule is CON=C(CNO)C(=O)OC. The van der Waals surface area contributed by atoms with Crippen LogP contribution < -0.4 is 5.48 Å². The van der Waals surface area contributed by atoms with Crippen molar-refractivity contribution in [1.82, 2.24) is 5.48 Å². The van der Waals surface area contributed by atoms with Crippen molar-refractivity contribution in [2.75, 3.05) is 20.8 Å². The molecule has 6 nitrogen and oxygen atoms in total. The molecule has 0 saturated carbocycles. The number of rotatable bonds is 4. The van der Waals surface area contributed by atoms with E-state index in [1.165, 1.54) is 14.2 Å². The van der Waals surface area contributed by atoms with E-state index in [0.717, 1.165) is 0 Å². The van der Waals surface area contributed by atoms with Crippen molar-refractivity contribution in [2.45, 2.75) is 0 Å². The summed E-state index contributed by atoms with van der Waals surface area (Å²) in [6.07, 6.45) is 0. The first-order valence-electron chi connectivity index (χ1n) is 2.81. The molecule has 0 aliphatic heterocycles. The number of nitrogens with one attached hydrogen (secondary N) is 1. The number of hydrogen-bond donors (Lipinski definition) is 2. The highest BCUT2D eigenvalue weighted by molar-refractivity contribution is 6.37. The Morgan fingerprint density at radius 2 is 2.27 bits per heavy atom. The normalized spacial score (nSPS) is 11.0. The maximum atomic E-state index is 10.7. The lowest BCUT2D eigenvalue weighted by atomic mass is 10.4. The monoisotopic (exact) mass is 162 g/mol. The van der Waals surface area contributed by atoms with Crippen LogP contribution >= 0.6 is 0 Å². The number of ether oxygens (including phenoxy) is 1. The molecule has 0 aliphatic carbocycles. The summed E-state index contributed by atoms with van der Waals surface area (Å²) in [5.74, 6) is -0.645. The fourth-order valence-electron chi connectivity index (χ4n) is 0.445. The Kier molecular flexibility index (Phi) is 5.05. The second kappa shape index (κ2) is 5.63. The van der Waals surface area contributed by atoms with Crippen LogP contribution in [0.3, 0.4) is 0 Å². The second-order valence-corrected chi connectivity index (χ2v) is 1.55. The van der Waals surface area contributed by atoms with Crippen molar-refractivity contribution in [2.24, 2.45) is 5.16 Å². The van der Waals surface area contributed by atoms with Crippen molar-refractivity contribution in [1.29, 1.82) is 0 Å². The van der Waals surface area contributed by atoms with Gasteiger partial charge in [-0.3, -0.25) is 0 Å². The van der Waals surface area contributed by atoms with Crippen LogP contribution in [-0.4, -0.2) is 37.7 Å². The van der Waals surface area contributed by atoms with Gasteiger partial charge >= 0.3 is 5.97 Å². The van der Waals surface area contributed by atoms with E-state index in [9.17, 15) is 4.79 Å². The third kappa shape index (κ3) is 3.54. The van der Waals surface area contributed by atoms with Gasteiger partial charge in [-0.2, -0.15) is 5.48 Å². The zero-order valence-electron chi connectivity index (χ0n) is 6.33. The van der Waals surface area contributed by atoms with Gasteiger partial charge in [-0.05, 0) is 0 Å². The molecule has 0 radical (unpaired) electrons. The highest BCUT2D eigenvalue weighted by atomic mass is 16.6. The zero-order valence-corrected chi connectivity index (χ0v) is 6.33. The summed E-state index contributed by atoms with van der Waals surface area (Å²) < 4.78 is 4.32. The summed E-state index contributed by atoms with van der Waals surface area (Å²) in [5, 5.41) is 11.5. The van der Waals surface area contributed by atoms with Gasteiger partial charge in [0.05, 0.1) is 13.7 Å². The average molecular weight is 162 g/mol. The van der Waals surface area contributed by atoms with E-state index in [1.807, 2.05) is 0 Å². The maximum absolute atomic E-state index is 10.7. The topological polar surface area (TPSA) is 80.1 Å². The van der Waals surface area contributed by atoms with E-state index < -0.39 is 5.97 Å². The van der Waals surface area contributed by atoms with Crippen LogP contribution in [0.4, 0.5) is 0 Å². The highest BCUT2D eigenvalue weighted by Crippen LogP contribution is 1.82. The van der Waals surface area contributed by atoms with Gasteiger partial charge in [0.25, 0.3) is 0 Å². The Balaban J connectivity index is 4.09. The molecular formula is C5H10N2O4. The molecule has 0 bridgehead atoms. The molecule has 0 saturated heterocycles. The summed E-state index contributed by atoms with van der Waals surface area (Å²) in [6.45, 7) is -0.111. The molecule has 0 rings (SSSR count). The standard InChI is InChI=1S/C5H10N2O4/c1-10-5(8)4(3-6-9)7-11-2/h6,9H,3H2,1-2H3. The van der Waals surface area contributed by atoms with E-state index in [0.29, 0.717) is 0 Å². The number of methoxy groups -OCH3 is 1. The lowest BCUT2D eigenvalue weighted by Gasteiger charge is -2.00. The lowest BCUT2D eigenvalue weighted by Crippen LogP contribution is -2.27. The van der Waals surface area contributed by atoms with Crippen LogP contribution in [0, 0.1) is 0 Å². The molecule has 0 atom stereocenters. The van der Waals surface area contributed by atoms with Crippen LogP contribution in [0.1, 0.15) is 0 Å². The minimum atomic E-state index is -0.645. The van der Waals surface area contributed by atoms with Gasteiger partial charge in [0.2, 0.25) is 0 Å². The van der Waals surface area contributed by atoms with Gasteiger partial charge in [0.15, 0.2) is 5.71 Å². The minimum Gasteiger partial charge on any atom is -0.464 e. The molecule has 2 N–H and O–H groups in total. The smallest absolute Gasteiger partial charge is 0.357 e. The van der Waals surface area contributed by atoms with Gasteiger partial charge in [0.1, 0.15) is 7.11 Å². The molecule has 0 aromatic rings. The minimum absolute atomic E-state index is 0.0301. The number of hydrogen-bond acceptors (Lipinski definition) is 6. The molecule has 0 spiro atoms. The lowest BCUT2D eigenvalue weighted by molar-refractivity contribution is -0.133. The molecule has 11 heavy (non-hydrogen) atoms. The number of carbonyl (C=O) groups excluding carboxylic acids is 1. The van der Waals surface area contributed by atoms with Crippen molar-refractivity contribution in [3.05, 3.63) is 0 Å². The van der Waals surface area contributed by atoms with Crippen molar-refractivity contribution < 1.29 is 19.6 Å². The van der Waals surface area contributed by atoms with E-state index in [1.54, 1.807) is 5.48 Å². The van der Waals surface area contributed by atoms with Crippen molar-refractivity contribution >= 4 is 11.7 Å². The van der Waals surface area contributed by atoms with Crippen LogP contribution in [0.5, 0.6) is 0 Å². The van der Waals surface area contributed by atoms with E-state index in [2.05, 4.69) is 14.7 Å². The summed E-state index contributed by atoms with van der Waals surface area (Å²) in [6, 6.07) is 0. The molecule has 0 amide bonds. The molecule has 0 heterocycles. The predicted octanol–water partition coefficient (Wildman–Crippen LogP) is -0.859. The predicted molar refractivity (Wildman–Crippen MR) is 36.2 cm³/mol. The van der Waals surface area contributed by atoms with E-state index in [-0.39, 0.29) is 12.3 Å². The fourth-order valence-corrected chi connectivity index (χ4v) is 0.445. The summed E-state index contributed by atoms with van der Waals surface area (Å²) in [4.78, 5) is 15.0. The van der Waals surface area contributed by atoms with E-state index >= 15 is 0 Å². The first-order valence-corrected chi connectivity index (χ1v) is 2.81. The number of oxime groups is 1. The molecule has 0 aliphatic rings. The van der Waals surface area contributed by atoms with Gasteiger partial charge in [0, 0.05) is 0 Å². The third-order valence-corrected chi connectivity index (χ3v) is 0.869. The van der Waals surface area contributed by atoms with Gasteiger partial charge < -0.3 is 14.8 Å². The van der Waals surface area contributed by atoms with Crippen LogP contribution in [0.2, 0.25) is 0 Å². The Hall–Kier alpha value is -1.14. The molecule has 0 aromatic heterocycles. The number of esters is 1. The number of hydroxylamine groups is 1. The van der Waals surface area contributed by atoms with Gasteiger partial charge in [-0.1, -0.05) is 5.16 Å². The number of carbonyl (C=O) groups is 1. The highest BCUT2D eigenvalue weighted by Gasteiger charge is 2.11. The van der Waals surface area contributed by atoms with Gasteiger partial charge in [-0.25, -0.2) is 4.79 Å². The largest absolute Gasteiger partial charge is 0.464 e. The van der Waals surface area contributed by atoms with Crippen molar-refractivity contribution in [3.63, 3.8) is 0 Å². The molecule has 0 unspecified atom stereocenters.